The Kier molecular flexibility index (Phi) is 6.66. The molecule has 5 nitrogen and oxygen atoms in total. The quantitative estimate of drug-likeness (QED) is 0.841. The SMILES string of the molecule is CC[C@H](C)[C@H](N)C(=O)N1CCCC[C@H](N2CCN(C)CC2)C1. The van der Waals surface area contributed by atoms with Crippen molar-refractivity contribution < 1.29 is 4.79 Å². The Hall–Kier alpha value is -0.650. The summed E-state index contributed by atoms with van der Waals surface area (Å²) in [4.78, 5) is 19.7. The van der Waals surface area contributed by atoms with Gasteiger partial charge in [-0.3, -0.25) is 9.69 Å². The Labute approximate surface area is 135 Å². The fraction of sp³-hybridized carbons (Fsp3) is 0.941. The topological polar surface area (TPSA) is 52.8 Å². The van der Waals surface area contributed by atoms with E-state index in [0.29, 0.717) is 6.04 Å². The summed E-state index contributed by atoms with van der Waals surface area (Å²) in [6, 6.07) is 0.181. The number of piperazine rings is 1. The first kappa shape index (κ1) is 17.7. The molecule has 2 rings (SSSR count). The summed E-state index contributed by atoms with van der Waals surface area (Å²) in [5.41, 5.74) is 6.18. The Balaban J connectivity index is 1.96. The highest BCUT2D eigenvalue weighted by molar-refractivity contribution is 5.82. The second kappa shape index (κ2) is 8.27. The van der Waals surface area contributed by atoms with E-state index in [9.17, 15) is 4.79 Å². The summed E-state index contributed by atoms with van der Waals surface area (Å²) >= 11 is 0. The minimum atomic E-state index is -0.337. The molecule has 2 aliphatic rings. The first-order valence-electron chi connectivity index (χ1n) is 9.00. The van der Waals surface area contributed by atoms with Crippen LogP contribution in [-0.4, -0.2) is 79.0 Å². The van der Waals surface area contributed by atoms with Gasteiger partial charge in [-0.2, -0.15) is 0 Å². The van der Waals surface area contributed by atoms with Gasteiger partial charge in [-0.05, 0) is 25.8 Å². The molecule has 2 N–H and O–H groups in total. The largest absolute Gasteiger partial charge is 0.340 e. The molecule has 1 amide bonds. The molecule has 0 radical (unpaired) electrons. The van der Waals surface area contributed by atoms with Crippen LogP contribution >= 0.6 is 0 Å². The smallest absolute Gasteiger partial charge is 0.239 e. The van der Waals surface area contributed by atoms with E-state index in [0.717, 1.165) is 52.1 Å². The highest BCUT2D eigenvalue weighted by Gasteiger charge is 2.31. The van der Waals surface area contributed by atoms with E-state index in [4.69, 9.17) is 5.73 Å². The van der Waals surface area contributed by atoms with Gasteiger partial charge in [-0.15, -0.1) is 0 Å². The van der Waals surface area contributed by atoms with Gasteiger partial charge >= 0.3 is 0 Å². The molecule has 22 heavy (non-hydrogen) atoms. The summed E-state index contributed by atoms with van der Waals surface area (Å²) in [6.45, 7) is 10.5. The number of amides is 1. The summed E-state index contributed by atoms with van der Waals surface area (Å²) in [7, 11) is 2.19. The maximum absolute atomic E-state index is 12.7. The van der Waals surface area contributed by atoms with Crippen LogP contribution < -0.4 is 5.73 Å². The molecule has 0 aromatic heterocycles. The predicted octanol–water partition coefficient (Wildman–Crippen LogP) is 0.988. The van der Waals surface area contributed by atoms with Crippen molar-refractivity contribution >= 4 is 5.91 Å². The van der Waals surface area contributed by atoms with Crippen molar-refractivity contribution in [1.82, 2.24) is 14.7 Å². The van der Waals surface area contributed by atoms with Crippen molar-refractivity contribution in [3.63, 3.8) is 0 Å². The molecule has 0 aliphatic carbocycles. The highest BCUT2D eigenvalue weighted by Crippen LogP contribution is 2.19. The number of carbonyl (C=O) groups excluding carboxylic acids is 1. The molecule has 3 atom stereocenters. The van der Waals surface area contributed by atoms with Crippen LogP contribution in [0.4, 0.5) is 0 Å². The van der Waals surface area contributed by atoms with Crippen LogP contribution in [0, 0.1) is 5.92 Å². The summed E-state index contributed by atoms with van der Waals surface area (Å²) < 4.78 is 0. The number of hydrogen-bond acceptors (Lipinski definition) is 4. The van der Waals surface area contributed by atoms with Crippen LogP contribution in [0.5, 0.6) is 0 Å². The van der Waals surface area contributed by atoms with Gasteiger partial charge in [-0.1, -0.05) is 26.7 Å². The molecular weight excluding hydrogens is 276 g/mol. The molecule has 0 spiro atoms. The number of hydrogen-bond donors (Lipinski definition) is 1. The molecule has 0 unspecified atom stereocenters. The van der Waals surface area contributed by atoms with E-state index in [1.165, 1.54) is 12.8 Å². The highest BCUT2D eigenvalue weighted by atomic mass is 16.2. The van der Waals surface area contributed by atoms with E-state index < -0.39 is 0 Å². The van der Waals surface area contributed by atoms with Crippen LogP contribution in [0.15, 0.2) is 0 Å². The summed E-state index contributed by atoms with van der Waals surface area (Å²) in [6.07, 6.45) is 4.51. The predicted molar refractivity (Wildman–Crippen MR) is 90.7 cm³/mol. The second-order valence-electron chi connectivity index (χ2n) is 7.18. The second-order valence-corrected chi connectivity index (χ2v) is 7.18. The average molecular weight is 310 g/mol. The zero-order chi connectivity index (χ0) is 16.1. The first-order chi connectivity index (χ1) is 10.5. The van der Waals surface area contributed by atoms with Crippen LogP contribution in [-0.2, 0) is 4.79 Å². The average Bonchev–Trinajstić information content (AvgIpc) is 2.79. The van der Waals surface area contributed by atoms with Gasteiger partial charge in [0.25, 0.3) is 0 Å². The van der Waals surface area contributed by atoms with E-state index in [2.05, 4.69) is 30.7 Å². The Morgan fingerprint density at radius 2 is 1.86 bits per heavy atom. The first-order valence-corrected chi connectivity index (χ1v) is 9.00. The lowest BCUT2D eigenvalue weighted by Crippen LogP contribution is -2.54. The Morgan fingerprint density at radius 1 is 1.18 bits per heavy atom. The summed E-state index contributed by atoms with van der Waals surface area (Å²) in [5.74, 6) is 0.424. The molecule has 0 aromatic carbocycles. The van der Waals surface area contributed by atoms with Gasteiger partial charge in [0.2, 0.25) is 5.91 Å². The van der Waals surface area contributed by atoms with Crippen LogP contribution in [0.2, 0.25) is 0 Å². The van der Waals surface area contributed by atoms with E-state index in [1.807, 2.05) is 4.90 Å². The normalized spacial score (nSPS) is 28.2. The zero-order valence-electron chi connectivity index (χ0n) is 14.6. The molecule has 2 aliphatic heterocycles. The molecule has 5 heteroatoms. The third kappa shape index (κ3) is 4.43. The standard InChI is InChI=1S/C17H34N4O/c1-4-14(2)16(18)17(22)21-8-6-5-7-15(13-21)20-11-9-19(3)10-12-20/h14-16H,4-13,18H2,1-3H3/t14-,15-,16-/m0/s1. The van der Waals surface area contributed by atoms with Crippen molar-refractivity contribution in [3.05, 3.63) is 0 Å². The maximum Gasteiger partial charge on any atom is 0.239 e. The third-order valence-corrected chi connectivity index (χ3v) is 5.55. The number of nitrogens with zero attached hydrogens (tertiary/aromatic N) is 3. The molecule has 0 saturated carbocycles. The van der Waals surface area contributed by atoms with E-state index >= 15 is 0 Å². The monoisotopic (exact) mass is 310 g/mol. The van der Waals surface area contributed by atoms with Gasteiger partial charge in [-0.25, -0.2) is 0 Å². The number of likely N-dealkylation sites (N-methyl/N-ethyl adjacent to an activating group) is 1. The molecule has 2 fully saturated rings. The minimum absolute atomic E-state index is 0.162. The van der Waals surface area contributed by atoms with Crippen LogP contribution in [0.1, 0.15) is 39.5 Å². The number of nitrogens with two attached hydrogens (primary N) is 1. The van der Waals surface area contributed by atoms with Crippen LogP contribution in [0.25, 0.3) is 0 Å². The van der Waals surface area contributed by atoms with Crippen molar-refractivity contribution in [3.8, 4) is 0 Å². The van der Waals surface area contributed by atoms with Crippen molar-refractivity contribution in [2.24, 2.45) is 11.7 Å². The number of rotatable bonds is 4. The van der Waals surface area contributed by atoms with Crippen LogP contribution in [0.3, 0.4) is 0 Å². The molecule has 2 heterocycles. The molecule has 128 valence electrons. The van der Waals surface area contributed by atoms with Gasteiger partial charge < -0.3 is 15.5 Å². The van der Waals surface area contributed by atoms with Gasteiger partial charge in [0, 0.05) is 45.3 Å². The van der Waals surface area contributed by atoms with Crippen molar-refractivity contribution in [2.75, 3.05) is 46.3 Å². The van der Waals surface area contributed by atoms with Crippen molar-refractivity contribution in [2.45, 2.75) is 51.6 Å². The lowest BCUT2D eigenvalue weighted by atomic mass is 9.98. The molecule has 0 aromatic rings. The Bertz CT molecular complexity index is 355. The van der Waals surface area contributed by atoms with E-state index in [-0.39, 0.29) is 17.9 Å². The van der Waals surface area contributed by atoms with E-state index in [1.54, 1.807) is 0 Å². The van der Waals surface area contributed by atoms with Crippen molar-refractivity contribution in [1.29, 1.82) is 0 Å². The Morgan fingerprint density at radius 3 is 2.50 bits per heavy atom. The lowest BCUT2D eigenvalue weighted by molar-refractivity contribution is -0.134. The number of likely N-dealkylation sites (tertiary alicyclic amines) is 1. The molecule has 0 bridgehead atoms. The van der Waals surface area contributed by atoms with Gasteiger partial charge in [0.15, 0.2) is 0 Å². The zero-order valence-corrected chi connectivity index (χ0v) is 14.6. The third-order valence-electron chi connectivity index (χ3n) is 5.55. The minimum Gasteiger partial charge on any atom is -0.340 e. The summed E-state index contributed by atoms with van der Waals surface area (Å²) in [5, 5.41) is 0. The lowest BCUT2D eigenvalue weighted by Gasteiger charge is -2.39. The van der Waals surface area contributed by atoms with Gasteiger partial charge in [0.05, 0.1) is 6.04 Å². The van der Waals surface area contributed by atoms with Gasteiger partial charge in [0.1, 0.15) is 0 Å². The molecular formula is C17H34N4O. The molecule has 2 saturated heterocycles. The maximum atomic E-state index is 12.7. The number of carbonyl (C=O) groups is 1. The fourth-order valence-electron chi connectivity index (χ4n) is 3.51. The fourth-order valence-corrected chi connectivity index (χ4v) is 3.51.